The highest BCUT2D eigenvalue weighted by molar-refractivity contribution is 9.10. The number of esters is 1. The van der Waals surface area contributed by atoms with Crippen LogP contribution in [0.2, 0.25) is 0 Å². The van der Waals surface area contributed by atoms with Crippen molar-refractivity contribution in [1.82, 2.24) is 5.32 Å². The molecule has 0 aliphatic carbocycles. The topological polar surface area (TPSA) is 55.4 Å². The normalized spacial score (nSPS) is 18.6. The number of benzene rings is 1. The summed E-state index contributed by atoms with van der Waals surface area (Å²) < 4.78 is 6.07. The Morgan fingerprint density at radius 2 is 2.28 bits per heavy atom. The Bertz CT molecular complexity index is 467. The molecule has 1 aromatic rings. The molecule has 96 valence electrons. The van der Waals surface area contributed by atoms with Gasteiger partial charge in [0.25, 0.3) is 0 Å². The number of ether oxygens (including phenoxy) is 1. The standard InChI is InChI=1S/C13H14BrNO3/c1-8-2-10(5-11(14)3-8)13(17)18-7-9-4-12(16)15-6-9/h2-3,5,9H,4,6-7H2,1H3,(H,15,16)/t9-/m0/s1. The van der Waals surface area contributed by atoms with Crippen molar-refractivity contribution in [1.29, 1.82) is 0 Å². The summed E-state index contributed by atoms with van der Waals surface area (Å²) in [7, 11) is 0. The molecular formula is C13H14BrNO3. The van der Waals surface area contributed by atoms with Gasteiger partial charge in [-0.1, -0.05) is 15.9 Å². The predicted molar refractivity (Wildman–Crippen MR) is 70.3 cm³/mol. The van der Waals surface area contributed by atoms with E-state index in [0.717, 1.165) is 10.0 Å². The van der Waals surface area contributed by atoms with Crippen molar-refractivity contribution in [3.8, 4) is 0 Å². The zero-order valence-corrected chi connectivity index (χ0v) is 11.6. The molecule has 1 heterocycles. The average molecular weight is 312 g/mol. The third kappa shape index (κ3) is 3.32. The van der Waals surface area contributed by atoms with Crippen LogP contribution in [0.1, 0.15) is 22.3 Å². The van der Waals surface area contributed by atoms with E-state index in [4.69, 9.17) is 4.74 Å². The molecule has 4 nitrogen and oxygen atoms in total. The lowest BCUT2D eigenvalue weighted by Gasteiger charge is -2.09. The van der Waals surface area contributed by atoms with E-state index < -0.39 is 0 Å². The first-order chi connectivity index (χ1) is 8.54. The van der Waals surface area contributed by atoms with Crippen LogP contribution in [-0.2, 0) is 9.53 Å². The molecule has 1 aromatic carbocycles. The molecule has 1 N–H and O–H groups in total. The van der Waals surface area contributed by atoms with Crippen LogP contribution in [0.5, 0.6) is 0 Å². The van der Waals surface area contributed by atoms with Gasteiger partial charge in [0, 0.05) is 23.4 Å². The second-order valence-electron chi connectivity index (χ2n) is 4.49. The monoisotopic (exact) mass is 311 g/mol. The van der Waals surface area contributed by atoms with E-state index in [1.807, 2.05) is 13.0 Å². The molecule has 1 amide bonds. The van der Waals surface area contributed by atoms with Crippen LogP contribution < -0.4 is 5.32 Å². The van der Waals surface area contributed by atoms with Crippen molar-refractivity contribution < 1.29 is 14.3 Å². The molecule has 1 aliphatic heterocycles. The van der Waals surface area contributed by atoms with Crippen LogP contribution >= 0.6 is 15.9 Å². The molecule has 0 unspecified atom stereocenters. The van der Waals surface area contributed by atoms with Gasteiger partial charge in [0.1, 0.15) is 0 Å². The van der Waals surface area contributed by atoms with Crippen LogP contribution in [0.4, 0.5) is 0 Å². The van der Waals surface area contributed by atoms with Gasteiger partial charge < -0.3 is 10.1 Å². The van der Waals surface area contributed by atoms with E-state index in [2.05, 4.69) is 21.2 Å². The Morgan fingerprint density at radius 3 is 2.89 bits per heavy atom. The molecule has 0 aromatic heterocycles. The molecule has 0 saturated carbocycles. The highest BCUT2D eigenvalue weighted by Gasteiger charge is 2.23. The minimum Gasteiger partial charge on any atom is -0.462 e. The van der Waals surface area contributed by atoms with Gasteiger partial charge in [0.15, 0.2) is 0 Å². The molecule has 1 atom stereocenters. The second-order valence-corrected chi connectivity index (χ2v) is 5.41. The fourth-order valence-electron chi connectivity index (χ4n) is 1.91. The minimum absolute atomic E-state index is 0.0225. The first kappa shape index (κ1) is 13.1. The summed E-state index contributed by atoms with van der Waals surface area (Å²) in [4.78, 5) is 22.8. The summed E-state index contributed by atoms with van der Waals surface area (Å²) in [5.74, 6) is -0.234. The molecule has 1 saturated heterocycles. The summed E-state index contributed by atoms with van der Waals surface area (Å²) in [6, 6.07) is 5.44. The van der Waals surface area contributed by atoms with E-state index in [1.165, 1.54) is 0 Å². The van der Waals surface area contributed by atoms with Gasteiger partial charge in [-0.3, -0.25) is 4.79 Å². The lowest BCUT2D eigenvalue weighted by molar-refractivity contribution is -0.119. The highest BCUT2D eigenvalue weighted by Crippen LogP contribution is 2.17. The number of aryl methyl sites for hydroxylation is 1. The van der Waals surface area contributed by atoms with Gasteiger partial charge >= 0.3 is 5.97 Å². The van der Waals surface area contributed by atoms with E-state index in [0.29, 0.717) is 18.5 Å². The smallest absolute Gasteiger partial charge is 0.338 e. The molecule has 2 rings (SSSR count). The molecule has 18 heavy (non-hydrogen) atoms. The van der Waals surface area contributed by atoms with E-state index >= 15 is 0 Å². The maximum absolute atomic E-state index is 11.8. The third-order valence-corrected chi connectivity index (χ3v) is 3.25. The molecule has 5 heteroatoms. The van der Waals surface area contributed by atoms with E-state index in [-0.39, 0.29) is 24.4 Å². The average Bonchev–Trinajstić information content (AvgIpc) is 2.70. The molecule has 0 radical (unpaired) electrons. The largest absolute Gasteiger partial charge is 0.462 e. The summed E-state index contributed by atoms with van der Waals surface area (Å²) >= 11 is 3.34. The van der Waals surface area contributed by atoms with Crippen molar-refractivity contribution in [2.24, 2.45) is 5.92 Å². The van der Waals surface area contributed by atoms with Gasteiger partial charge in [-0.25, -0.2) is 4.79 Å². The van der Waals surface area contributed by atoms with Crippen LogP contribution in [0.25, 0.3) is 0 Å². The fraction of sp³-hybridized carbons (Fsp3) is 0.385. The third-order valence-electron chi connectivity index (χ3n) is 2.79. The summed E-state index contributed by atoms with van der Waals surface area (Å²) in [5, 5.41) is 2.71. The van der Waals surface area contributed by atoms with Gasteiger partial charge in [-0.15, -0.1) is 0 Å². The number of amides is 1. The molecule has 0 bridgehead atoms. The summed E-state index contributed by atoms with van der Waals surface area (Å²) in [5.41, 5.74) is 1.52. The molecule has 1 fully saturated rings. The van der Waals surface area contributed by atoms with E-state index in [1.54, 1.807) is 12.1 Å². The zero-order valence-electron chi connectivity index (χ0n) is 10.0. The first-order valence-corrected chi connectivity index (χ1v) is 6.55. The van der Waals surface area contributed by atoms with Crippen molar-refractivity contribution in [3.63, 3.8) is 0 Å². The summed E-state index contributed by atoms with van der Waals surface area (Å²) in [6.07, 6.45) is 0.435. The maximum atomic E-state index is 11.8. The first-order valence-electron chi connectivity index (χ1n) is 5.75. The fourth-order valence-corrected chi connectivity index (χ4v) is 2.52. The van der Waals surface area contributed by atoms with Crippen molar-refractivity contribution >= 4 is 27.8 Å². The number of hydrogen-bond acceptors (Lipinski definition) is 3. The lowest BCUT2D eigenvalue weighted by atomic mass is 10.1. The van der Waals surface area contributed by atoms with Crippen LogP contribution in [0.15, 0.2) is 22.7 Å². The van der Waals surface area contributed by atoms with Crippen LogP contribution in [0, 0.1) is 12.8 Å². The highest BCUT2D eigenvalue weighted by atomic mass is 79.9. The van der Waals surface area contributed by atoms with Crippen molar-refractivity contribution in [2.45, 2.75) is 13.3 Å². The quantitative estimate of drug-likeness (QED) is 0.869. The molecular weight excluding hydrogens is 298 g/mol. The zero-order chi connectivity index (χ0) is 13.1. The van der Waals surface area contributed by atoms with Gasteiger partial charge in [-0.2, -0.15) is 0 Å². The lowest BCUT2D eigenvalue weighted by Crippen LogP contribution is -2.17. The van der Waals surface area contributed by atoms with Gasteiger partial charge in [0.2, 0.25) is 5.91 Å². The SMILES string of the molecule is Cc1cc(Br)cc(C(=O)OC[C@@H]2CNC(=O)C2)c1. The maximum Gasteiger partial charge on any atom is 0.338 e. The number of halogens is 1. The number of carbonyl (C=O) groups excluding carboxylic acids is 2. The van der Waals surface area contributed by atoms with Crippen LogP contribution in [-0.4, -0.2) is 25.0 Å². The van der Waals surface area contributed by atoms with Gasteiger partial charge in [-0.05, 0) is 30.7 Å². The Morgan fingerprint density at radius 1 is 1.50 bits per heavy atom. The summed E-state index contributed by atoms with van der Waals surface area (Å²) in [6.45, 7) is 2.79. The molecule has 1 aliphatic rings. The number of nitrogens with one attached hydrogen (secondary N) is 1. The van der Waals surface area contributed by atoms with Crippen LogP contribution in [0.3, 0.4) is 0 Å². The van der Waals surface area contributed by atoms with Crippen molar-refractivity contribution in [2.75, 3.05) is 13.2 Å². The Balaban J connectivity index is 1.93. The number of rotatable bonds is 3. The molecule has 0 spiro atoms. The number of carbonyl (C=O) groups is 2. The van der Waals surface area contributed by atoms with Gasteiger partial charge in [0.05, 0.1) is 12.2 Å². The van der Waals surface area contributed by atoms with Crippen molar-refractivity contribution in [3.05, 3.63) is 33.8 Å². The Labute approximate surface area is 114 Å². The second kappa shape index (κ2) is 5.52. The number of hydrogen-bond donors (Lipinski definition) is 1. The van der Waals surface area contributed by atoms with E-state index in [9.17, 15) is 9.59 Å². The Hall–Kier alpha value is -1.36. The Kier molecular flexibility index (Phi) is 4.01. The minimum atomic E-state index is -0.348. The predicted octanol–water partition coefficient (Wildman–Crippen LogP) is 2.05.